The van der Waals surface area contributed by atoms with Gasteiger partial charge in [0.15, 0.2) is 0 Å². The summed E-state index contributed by atoms with van der Waals surface area (Å²) in [5.74, 6) is 0. The van der Waals surface area contributed by atoms with E-state index in [0.29, 0.717) is 0 Å². The van der Waals surface area contributed by atoms with Crippen molar-refractivity contribution in [2.75, 3.05) is 18.1 Å². The molecule has 0 amide bonds. The molecule has 1 aliphatic heterocycles. The summed E-state index contributed by atoms with van der Waals surface area (Å²) < 4.78 is 0. The molecule has 0 spiro atoms. The summed E-state index contributed by atoms with van der Waals surface area (Å²) in [5.41, 5.74) is 2.77. The van der Waals surface area contributed by atoms with Crippen LogP contribution in [0.15, 0.2) is 36.7 Å². The van der Waals surface area contributed by atoms with Crippen molar-refractivity contribution in [3.63, 3.8) is 0 Å². The first-order chi connectivity index (χ1) is 7.85. The average Bonchev–Trinajstić information content (AvgIpc) is 2.78. The molecular formula is C14H21BrN2. The van der Waals surface area contributed by atoms with Gasteiger partial charge in [-0.25, -0.2) is 0 Å². The van der Waals surface area contributed by atoms with Gasteiger partial charge in [0, 0.05) is 24.6 Å². The van der Waals surface area contributed by atoms with Crippen molar-refractivity contribution in [2.24, 2.45) is 0 Å². The SMILES string of the molecule is Br.CCCN1C=CN(c2ccccc2CC)C1. The first-order valence-electron chi connectivity index (χ1n) is 6.12. The summed E-state index contributed by atoms with van der Waals surface area (Å²) in [4.78, 5) is 4.68. The van der Waals surface area contributed by atoms with Crippen molar-refractivity contribution in [3.05, 3.63) is 42.2 Å². The van der Waals surface area contributed by atoms with Crippen LogP contribution in [0.25, 0.3) is 0 Å². The average molecular weight is 297 g/mol. The maximum absolute atomic E-state index is 2.35. The highest BCUT2D eigenvalue weighted by Gasteiger charge is 2.14. The molecule has 1 aromatic rings. The smallest absolute Gasteiger partial charge is 0.0941 e. The second kappa shape index (κ2) is 6.70. The van der Waals surface area contributed by atoms with Gasteiger partial charge < -0.3 is 9.80 Å². The van der Waals surface area contributed by atoms with Crippen LogP contribution in [0, 0.1) is 0 Å². The maximum Gasteiger partial charge on any atom is 0.0941 e. The Balaban J connectivity index is 0.00000144. The molecule has 0 radical (unpaired) electrons. The van der Waals surface area contributed by atoms with Crippen LogP contribution in [0.3, 0.4) is 0 Å². The van der Waals surface area contributed by atoms with Crippen LogP contribution in [0.2, 0.25) is 0 Å². The molecule has 0 unspecified atom stereocenters. The van der Waals surface area contributed by atoms with Gasteiger partial charge in [0.05, 0.1) is 6.67 Å². The number of para-hydroxylation sites is 1. The van der Waals surface area contributed by atoms with Gasteiger partial charge in [-0.3, -0.25) is 0 Å². The second-order valence-corrected chi connectivity index (χ2v) is 4.20. The summed E-state index contributed by atoms with van der Waals surface area (Å²) in [6.45, 7) is 6.56. The molecule has 17 heavy (non-hydrogen) atoms. The lowest BCUT2D eigenvalue weighted by molar-refractivity contribution is 0.406. The lowest BCUT2D eigenvalue weighted by atomic mass is 10.1. The number of hydrogen-bond donors (Lipinski definition) is 0. The Morgan fingerprint density at radius 3 is 2.59 bits per heavy atom. The van der Waals surface area contributed by atoms with Gasteiger partial charge in [0.1, 0.15) is 0 Å². The number of halogens is 1. The zero-order chi connectivity index (χ0) is 11.4. The molecule has 94 valence electrons. The molecule has 1 heterocycles. The molecule has 0 saturated carbocycles. The fourth-order valence-electron chi connectivity index (χ4n) is 2.14. The Kier molecular flexibility index (Phi) is 5.56. The fraction of sp³-hybridized carbons (Fsp3) is 0.429. The van der Waals surface area contributed by atoms with Gasteiger partial charge in [-0.1, -0.05) is 32.0 Å². The number of rotatable bonds is 4. The van der Waals surface area contributed by atoms with Gasteiger partial charge in [0.2, 0.25) is 0 Å². The third kappa shape index (κ3) is 3.25. The molecule has 2 rings (SSSR count). The topological polar surface area (TPSA) is 6.48 Å². The van der Waals surface area contributed by atoms with Crippen LogP contribution < -0.4 is 4.90 Å². The lowest BCUT2D eigenvalue weighted by Crippen LogP contribution is -2.26. The molecule has 0 aromatic heterocycles. The van der Waals surface area contributed by atoms with Crippen molar-refractivity contribution < 1.29 is 0 Å². The number of anilines is 1. The lowest BCUT2D eigenvalue weighted by Gasteiger charge is -2.22. The van der Waals surface area contributed by atoms with Crippen LogP contribution in [-0.4, -0.2) is 18.1 Å². The Morgan fingerprint density at radius 1 is 1.12 bits per heavy atom. The van der Waals surface area contributed by atoms with E-state index in [4.69, 9.17) is 0 Å². The minimum atomic E-state index is 0. The molecule has 3 heteroatoms. The molecule has 0 N–H and O–H groups in total. The highest BCUT2D eigenvalue weighted by atomic mass is 79.9. The number of hydrogen-bond acceptors (Lipinski definition) is 2. The number of nitrogens with zero attached hydrogens (tertiary/aromatic N) is 2. The van der Waals surface area contributed by atoms with Gasteiger partial charge in [-0.15, -0.1) is 17.0 Å². The van der Waals surface area contributed by atoms with E-state index >= 15 is 0 Å². The maximum atomic E-state index is 2.35. The molecule has 0 atom stereocenters. The van der Waals surface area contributed by atoms with E-state index in [-0.39, 0.29) is 17.0 Å². The molecule has 1 aromatic carbocycles. The molecule has 2 nitrogen and oxygen atoms in total. The highest BCUT2D eigenvalue weighted by Crippen LogP contribution is 2.24. The van der Waals surface area contributed by atoms with Crippen molar-refractivity contribution in [1.29, 1.82) is 0 Å². The largest absolute Gasteiger partial charge is 0.358 e. The summed E-state index contributed by atoms with van der Waals surface area (Å²) >= 11 is 0. The van der Waals surface area contributed by atoms with Gasteiger partial charge in [-0.2, -0.15) is 0 Å². The fourth-order valence-corrected chi connectivity index (χ4v) is 2.14. The monoisotopic (exact) mass is 296 g/mol. The van der Waals surface area contributed by atoms with Gasteiger partial charge in [0.25, 0.3) is 0 Å². The first-order valence-corrected chi connectivity index (χ1v) is 6.12. The Labute approximate surface area is 115 Å². The quantitative estimate of drug-likeness (QED) is 0.834. The standard InChI is InChI=1S/C14H20N2.BrH/c1-3-9-15-10-11-16(12-15)14-8-6-5-7-13(14)4-2;/h5-8,10-11H,3-4,9,12H2,1-2H3;1H. The van der Waals surface area contributed by atoms with Crippen LogP contribution in [0.1, 0.15) is 25.8 Å². The molecule has 0 fully saturated rings. The van der Waals surface area contributed by atoms with E-state index in [1.807, 2.05) is 0 Å². The zero-order valence-corrected chi connectivity index (χ0v) is 12.3. The van der Waals surface area contributed by atoms with Crippen molar-refractivity contribution in [1.82, 2.24) is 4.90 Å². The van der Waals surface area contributed by atoms with E-state index in [1.54, 1.807) is 0 Å². The van der Waals surface area contributed by atoms with Crippen LogP contribution in [-0.2, 0) is 6.42 Å². The third-order valence-corrected chi connectivity index (χ3v) is 2.98. The molecule has 0 saturated heterocycles. The van der Waals surface area contributed by atoms with E-state index in [9.17, 15) is 0 Å². The second-order valence-electron chi connectivity index (χ2n) is 4.20. The van der Waals surface area contributed by atoms with Crippen molar-refractivity contribution in [2.45, 2.75) is 26.7 Å². The van der Waals surface area contributed by atoms with Crippen LogP contribution in [0.5, 0.6) is 0 Å². The minimum Gasteiger partial charge on any atom is -0.358 e. The summed E-state index contributed by atoms with van der Waals surface area (Å²) in [6.07, 6.45) is 6.67. The zero-order valence-electron chi connectivity index (χ0n) is 10.6. The Hall–Kier alpha value is -0.960. The molecule has 1 aliphatic rings. The highest BCUT2D eigenvalue weighted by molar-refractivity contribution is 8.93. The molecule has 0 bridgehead atoms. The number of aryl methyl sites for hydroxylation is 1. The van der Waals surface area contributed by atoms with E-state index < -0.39 is 0 Å². The van der Waals surface area contributed by atoms with Crippen molar-refractivity contribution in [3.8, 4) is 0 Å². The summed E-state index contributed by atoms with van der Waals surface area (Å²) in [5, 5.41) is 0. The molecular weight excluding hydrogens is 276 g/mol. The predicted octanol–water partition coefficient (Wildman–Crippen LogP) is 3.79. The van der Waals surface area contributed by atoms with Crippen LogP contribution >= 0.6 is 17.0 Å². The van der Waals surface area contributed by atoms with Crippen LogP contribution in [0.4, 0.5) is 5.69 Å². The van der Waals surface area contributed by atoms with Crippen molar-refractivity contribution >= 4 is 22.7 Å². The normalized spacial score (nSPS) is 14.0. The van der Waals surface area contributed by atoms with E-state index in [1.165, 1.54) is 17.7 Å². The van der Waals surface area contributed by atoms with Gasteiger partial charge in [-0.05, 0) is 24.5 Å². The molecule has 0 aliphatic carbocycles. The first kappa shape index (κ1) is 14.1. The summed E-state index contributed by atoms with van der Waals surface area (Å²) in [7, 11) is 0. The Bertz CT molecular complexity index is 376. The third-order valence-electron chi connectivity index (χ3n) is 2.98. The van der Waals surface area contributed by atoms with E-state index in [2.05, 4.69) is 60.3 Å². The minimum absolute atomic E-state index is 0. The predicted molar refractivity (Wildman–Crippen MR) is 79.6 cm³/mol. The summed E-state index contributed by atoms with van der Waals surface area (Å²) in [6, 6.07) is 8.65. The van der Waals surface area contributed by atoms with Gasteiger partial charge >= 0.3 is 0 Å². The Morgan fingerprint density at radius 2 is 1.88 bits per heavy atom. The van der Waals surface area contributed by atoms with E-state index in [0.717, 1.165) is 19.6 Å². The number of benzene rings is 1.